The first-order valence-corrected chi connectivity index (χ1v) is 9.93. The monoisotopic (exact) mass is 393 g/mol. The van der Waals surface area contributed by atoms with E-state index in [9.17, 15) is 13.2 Å². The molecule has 0 unspecified atom stereocenters. The fourth-order valence-corrected chi connectivity index (χ4v) is 3.41. The number of halogens is 1. The Balaban J connectivity index is 2.07. The Hall–Kier alpha value is -2.38. The van der Waals surface area contributed by atoms with Gasteiger partial charge in [-0.15, -0.1) is 0 Å². The minimum absolute atomic E-state index is 0.0110. The molecule has 6 nitrogen and oxygen atoms in total. The van der Waals surface area contributed by atoms with Crippen molar-refractivity contribution in [2.75, 3.05) is 6.26 Å². The summed E-state index contributed by atoms with van der Waals surface area (Å²) in [5.74, 6) is -0.407. The second-order valence-corrected chi connectivity index (χ2v) is 8.77. The number of sulfone groups is 1. The average molecular weight is 394 g/mol. The summed E-state index contributed by atoms with van der Waals surface area (Å²) >= 11 is 5.81. The fourth-order valence-electron chi connectivity index (χ4n) is 2.67. The van der Waals surface area contributed by atoms with Crippen molar-refractivity contribution in [2.24, 2.45) is 0 Å². The lowest BCUT2D eigenvalue weighted by molar-refractivity contribution is -0.145. The molecular formula is C18H16ClNO5S. The van der Waals surface area contributed by atoms with Gasteiger partial charge in [-0.3, -0.25) is 0 Å². The molecule has 0 amide bonds. The number of rotatable bonds is 4. The number of cyclic esters (lactones) is 1. The third kappa shape index (κ3) is 3.59. The van der Waals surface area contributed by atoms with Gasteiger partial charge < -0.3 is 9.47 Å². The SMILES string of the molecule is CC1(C)OC(=O)C(Oc2ccc(Cl)cn2)=C1c1ccc(S(C)(=O)=O)cc1. The molecule has 0 spiro atoms. The van der Waals surface area contributed by atoms with Crippen LogP contribution in [0.1, 0.15) is 19.4 Å². The van der Waals surface area contributed by atoms with Gasteiger partial charge in [-0.1, -0.05) is 23.7 Å². The molecule has 1 aromatic heterocycles. The van der Waals surface area contributed by atoms with Gasteiger partial charge in [0.05, 0.1) is 15.5 Å². The Kier molecular flexibility index (Phi) is 4.54. The molecule has 0 fully saturated rings. The van der Waals surface area contributed by atoms with E-state index in [2.05, 4.69) is 4.98 Å². The predicted octanol–water partition coefficient (Wildman–Crippen LogP) is 3.26. The van der Waals surface area contributed by atoms with Crippen molar-refractivity contribution in [1.82, 2.24) is 4.98 Å². The molecule has 2 aromatic rings. The summed E-state index contributed by atoms with van der Waals surface area (Å²) in [5, 5.41) is 0.442. The van der Waals surface area contributed by atoms with E-state index in [4.69, 9.17) is 21.1 Å². The molecule has 0 saturated carbocycles. The maximum Gasteiger partial charge on any atom is 0.375 e. The number of hydrogen-bond acceptors (Lipinski definition) is 6. The lowest BCUT2D eigenvalue weighted by Crippen LogP contribution is -2.22. The van der Waals surface area contributed by atoms with Gasteiger partial charge in [-0.05, 0) is 37.6 Å². The highest BCUT2D eigenvalue weighted by molar-refractivity contribution is 7.90. The number of carbonyl (C=O) groups excluding carboxylic acids is 1. The van der Waals surface area contributed by atoms with Gasteiger partial charge >= 0.3 is 5.97 Å². The molecule has 0 radical (unpaired) electrons. The molecule has 1 aromatic carbocycles. The second kappa shape index (κ2) is 6.41. The van der Waals surface area contributed by atoms with E-state index < -0.39 is 21.4 Å². The van der Waals surface area contributed by atoms with Crippen molar-refractivity contribution in [3.63, 3.8) is 0 Å². The Labute approximate surface area is 156 Å². The van der Waals surface area contributed by atoms with E-state index in [1.54, 1.807) is 32.0 Å². The summed E-state index contributed by atoms with van der Waals surface area (Å²) in [6, 6.07) is 9.33. The van der Waals surface area contributed by atoms with E-state index in [0.717, 1.165) is 6.26 Å². The summed E-state index contributed by atoms with van der Waals surface area (Å²) in [5.41, 5.74) is 0.197. The minimum Gasteiger partial charge on any atom is -0.449 e. The zero-order valence-corrected chi connectivity index (χ0v) is 15.9. The van der Waals surface area contributed by atoms with E-state index >= 15 is 0 Å². The van der Waals surface area contributed by atoms with Crippen LogP contribution in [0.25, 0.3) is 5.57 Å². The van der Waals surface area contributed by atoms with Gasteiger partial charge in [-0.25, -0.2) is 18.2 Å². The van der Waals surface area contributed by atoms with Gasteiger partial charge in [0.25, 0.3) is 0 Å². The number of pyridine rings is 1. The van der Waals surface area contributed by atoms with Gasteiger partial charge in [-0.2, -0.15) is 0 Å². The molecular weight excluding hydrogens is 378 g/mol. The molecule has 0 N–H and O–H groups in total. The zero-order valence-electron chi connectivity index (χ0n) is 14.3. The number of nitrogens with zero attached hydrogens (tertiary/aromatic N) is 1. The van der Waals surface area contributed by atoms with E-state index in [-0.39, 0.29) is 16.5 Å². The van der Waals surface area contributed by atoms with Crippen molar-refractivity contribution >= 4 is 33.0 Å². The molecule has 136 valence electrons. The van der Waals surface area contributed by atoms with Crippen LogP contribution in [0.4, 0.5) is 0 Å². The number of carbonyl (C=O) groups is 1. The van der Waals surface area contributed by atoms with Crippen LogP contribution in [0.3, 0.4) is 0 Å². The number of ether oxygens (including phenoxy) is 2. The first-order valence-electron chi connectivity index (χ1n) is 7.66. The number of esters is 1. The number of hydrogen-bond donors (Lipinski definition) is 0. The zero-order chi connectivity index (χ0) is 19.1. The molecule has 0 saturated heterocycles. The third-order valence-electron chi connectivity index (χ3n) is 3.84. The van der Waals surface area contributed by atoms with Crippen molar-refractivity contribution in [3.8, 4) is 5.88 Å². The molecule has 26 heavy (non-hydrogen) atoms. The lowest BCUT2D eigenvalue weighted by Gasteiger charge is -2.21. The molecule has 0 aliphatic carbocycles. The third-order valence-corrected chi connectivity index (χ3v) is 5.19. The lowest BCUT2D eigenvalue weighted by atomic mass is 9.92. The van der Waals surface area contributed by atoms with Gasteiger partial charge in [0.1, 0.15) is 5.60 Å². The summed E-state index contributed by atoms with van der Waals surface area (Å²) in [7, 11) is -3.32. The normalized spacial score (nSPS) is 16.5. The van der Waals surface area contributed by atoms with Gasteiger partial charge in [0.15, 0.2) is 9.84 Å². The molecule has 3 rings (SSSR count). The summed E-state index contributed by atoms with van der Waals surface area (Å²) in [4.78, 5) is 16.5. The molecule has 1 aliphatic heterocycles. The van der Waals surface area contributed by atoms with E-state index in [0.29, 0.717) is 16.2 Å². The van der Waals surface area contributed by atoms with E-state index in [1.165, 1.54) is 24.4 Å². The quantitative estimate of drug-likeness (QED) is 0.741. The Morgan fingerprint density at radius 3 is 2.31 bits per heavy atom. The molecule has 2 heterocycles. The second-order valence-electron chi connectivity index (χ2n) is 6.32. The first kappa shape index (κ1) is 18.4. The molecule has 8 heteroatoms. The highest BCUT2D eigenvalue weighted by Gasteiger charge is 2.43. The van der Waals surface area contributed by atoms with Crippen LogP contribution in [0.2, 0.25) is 5.02 Å². The summed E-state index contributed by atoms with van der Waals surface area (Å²) in [6.45, 7) is 3.46. The Morgan fingerprint density at radius 2 is 1.77 bits per heavy atom. The van der Waals surface area contributed by atoms with Crippen LogP contribution in [0, 0.1) is 0 Å². The summed E-state index contributed by atoms with van der Waals surface area (Å²) < 4.78 is 34.4. The smallest absolute Gasteiger partial charge is 0.375 e. The van der Waals surface area contributed by atoms with Crippen molar-refractivity contribution in [1.29, 1.82) is 0 Å². The van der Waals surface area contributed by atoms with Crippen LogP contribution in [0.15, 0.2) is 53.2 Å². The molecule has 0 atom stereocenters. The Bertz CT molecular complexity index is 993. The largest absolute Gasteiger partial charge is 0.449 e. The maximum atomic E-state index is 12.3. The minimum atomic E-state index is -3.32. The highest BCUT2D eigenvalue weighted by atomic mass is 35.5. The fraction of sp³-hybridized carbons (Fsp3) is 0.222. The maximum absolute atomic E-state index is 12.3. The number of benzene rings is 1. The molecule has 1 aliphatic rings. The summed E-state index contributed by atoms with van der Waals surface area (Å²) in [6.07, 6.45) is 2.54. The Morgan fingerprint density at radius 1 is 1.12 bits per heavy atom. The standard InChI is InChI=1S/C18H16ClNO5S/c1-18(2)15(11-4-7-13(8-5-11)26(3,22)23)16(17(21)25-18)24-14-9-6-12(19)10-20-14/h4-10H,1-3H3. The van der Waals surface area contributed by atoms with E-state index in [1.807, 2.05) is 0 Å². The van der Waals surface area contributed by atoms with Crippen LogP contribution in [0.5, 0.6) is 5.88 Å². The molecule has 0 bridgehead atoms. The first-order chi connectivity index (χ1) is 12.1. The van der Waals surface area contributed by atoms with Crippen molar-refractivity contribution in [3.05, 3.63) is 58.9 Å². The van der Waals surface area contributed by atoms with Gasteiger partial charge in [0.2, 0.25) is 11.6 Å². The predicted molar refractivity (Wildman–Crippen MR) is 96.5 cm³/mol. The highest BCUT2D eigenvalue weighted by Crippen LogP contribution is 2.40. The number of aromatic nitrogens is 1. The van der Waals surface area contributed by atoms with Crippen LogP contribution in [-0.4, -0.2) is 31.2 Å². The van der Waals surface area contributed by atoms with Crippen molar-refractivity contribution < 1.29 is 22.7 Å². The van der Waals surface area contributed by atoms with Crippen LogP contribution >= 0.6 is 11.6 Å². The van der Waals surface area contributed by atoms with Crippen LogP contribution < -0.4 is 4.74 Å². The topological polar surface area (TPSA) is 82.6 Å². The van der Waals surface area contributed by atoms with Crippen molar-refractivity contribution in [2.45, 2.75) is 24.3 Å². The van der Waals surface area contributed by atoms with Crippen LogP contribution in [-0.2, 0) is 19.4 Å². The average Bonchev–Trinajstić information content (AvgIpc) is 2.77. The van der Waals surface area contributed by atoms with Gasteiger partial charge in [0, 0.05) is 18.5 Å².